The van der Waals surface area contributed by atoms with Gasteiger partial charge in [-0.2, -0.15) is 0 Å². The van der Waals surface area contributed by atoms with Gasteiger partial charge in [0.1, 0.15) is 0 Å². The highest BCUT2D eigenvalue weighted by Gasteiger charge is 2.19. The van der Waals surface area contributed by atoms with Gasteiger partial charge in [0.05, 0.1) is 0 Å². The number of aryl methyl sites for hydroxylation is 2. The summed E-state index contributed by atoms with van der Waals surface area (Å²) in [7, 11) is 0. The van der Waals surface area contributed by atoms with E-state index < -0.39 is 12.1 Å². The summed E-state index contributed by atoms with van der Waals surface area (Å²) in [6.45, 7) is 1.86. The molecular formula is C12H15ClO3. The minimum atomic E-state index is -1.45. The number of aliphatic carboxylic acids is 1. The number of carbonyl (C=O) groups is 1. The molecule has 0 aromatic heterocycles. The highest BCUT2D eigenvalue weighted by atomic mass is 35.5. The Morgan fingerprint density at radius 3 is 2.75 bits per heavy atom. The maximum absolute atomic E-state index is 10.8. The predicted octanol–water partition coefficient (Wildman–Crippen LogP) is 2.28. The molecule has 3 nitrogen and oxygen atoms in total. The third kappa shape index (κ3) is 3.22. The number of hydrogen-bond acceptors (Lipinski definition) is 2. The van der Waals surface area contributed by atoms with E-state index in [9.17, 15) is 9.90 Å². The molecular weight excluding hydrogens is 228 g/mol. The molecule has 0 radical (unpaired) electrons. The number of alkyl halides is 1. The molecule has 0 aliphatic carbocycles. The first-order valence-electron chi connectivity index (χ1n) is 5.12. The summed E-state index contributed by atoms with van der Waals surface area (Å²) in [5, 5.41) is 18.4. The van der Waals surface area contributed by atoms with Gasteiger partial charge in [-0.05, 0) is 30.9 Å². The second kappa shape index (κ2) is 5.87. The monoisotopic (exact) mass is 242 g/mol. The molecule has 0 bridgehead atoms. The number of halogens is 1. The SMILES string of the molecule is Cc1ccc(CCCCl)c(C(O)C(=O)O)c1. The fourth-order valence-corrected chi connectivity index (χ4v) is 1.72. The lowest BCUT2D eigenvalue weighted by molar-refractivity contribution is -0.147. The lowest BCUT2D eigenvalue weighted by Gasteiger charge is -2.12. The van der Waals surface area contributed by atoms with Gasteiger partial charge in [-0.1, -0.05) is 23.8 Å². The van der Waals surface area contributed by atoms with E-state index in [0.29, 0.717) is 17.9 Å². The van der Waals surface area contributed by atoms with Gasteiger partial charge in [-0.3, -0.25) is 0 Å². The van der Waals surface area contributed by atoms with Crippen molar-refractivity contribution in [1.82, 2.24) is 0 Å². The van der Waals surface area contributed by atoms with Crippen LogP contribution in [0.5, 0.6) is 0 Å². The zero-order valence-corrected chi connectivity index (χ0v) is 9.87. The molecule has 0 aliphatic heterocycles. The normalized spacial score (nSPS) is 12.4. The van der Waals surface area contributed by atoms with Gasteiger partial charge >= 0.3 is 5.97 Å². The minimum Gasteiger partial charge on any atom is -0.479 e. The number of carboxylic acids is 1. The molecule has 0 saturated carbocycles. The van der Waals surface area contributed by atoms with Crippen molar-refractivity contribution in [1.29, 1.82) is 0 Å². The maximum atomic E-state index is 10.8. The van der Waals surface area contributed by atoms with Crippen molar-refractivity contribution in [3.05, 3.63) is 34.9 Å². The summed E-state index contributed by atoms with van der Waals surface area (Å²) in [6.07, 6.45) is -0.00170. The van der Waals surface area contributed by atoms with Crippen LogP contribution < -0.4 is 0 Å². The van der Waals surface area contributed by atoms with Crippen molar-refractivity contribution in [2.45, 2.75) is 25.9 Å². The number of benzene rings is 1. The quantitative estimate of drug-likeness (QED) is 0.779. The molecule has 1 aromatic rings. The molecule has 0 heterocycles. The summed E-state index contributed by atoms with van der Waals surface area (Å²) in [6, 6.07) is 5.47. The van der Waals surface area contributed by atoms with E-state index in [2.05, 4.69) is 0 Å². The molecule has 0 spiro atoms. The van der Waals surface area contributed by atoms with Crippen LogP contribution >= 0.6 is 11.6 Å². The van der Waals surface area contributed by atoms with Gasteiger partial charge in [0.25, 0.3) is 0 Å². The van der Waals surface area contributed by atoms with E-state index in [4.69, 9.17) is 16.7 Å². The number of aliphatic hydroxyl groups is 1. The standard InChI is InChI=1S/C12H15ClO3/c1-8-4-5-9(3-2-6-13)10(7-8)11(14)12(15)16/h4-5,7,11,14H,2-3,6H2,1H3,(H,15,16). The molecule has 0 saturated heterocycles. The van der Waals surface area contributed by atoms with Crippen molar-refractivity contribution < 1.29 is 15.0 Å². The Hall–Kier alpha value is -1.06. The summed E-state index contributed by atoms with van der Waals surface area (Å²) in [5.41, 5.74) is 2.25. The third-order valence-corrected chi connectivity index (χ3v) is 2.68. The van der Waals surface area contributed by atoms with E-state index in [1.165, 1.54) is 0 Å². The van der Waals surface area contributed by atoms with Crippen LogP contribution in [0.3, 0.4) is 0 Å². The topological polar surface area (TPSA) is 57.5 Å². The Balaban J connectivity index is 3.02. The average molecular weight is 243 g/mol. The van der Waals surface area contributed by atoms with Gasteiger partial charge in [0.2, 0.25) is 0 Å². The first-order chi connectivity index (χ1) is 7.56. The number of aliphatic hydroxyl groups excluding tert-OH is 1. The van der Waals surface area contributed by atoms with Gasteiger partial charge < -0.3 is 10.2 Å². The lowest BCUT2D eigenvalue weighted by Crippen LogP contribution is -2.13. The van der Waals surface area contributed by atoms with Crippen molar-refractivity contribution in [2.24, 2.45) is 0 Å². The van der Waals surface area contributed by atoms with Crippen LogP contribution in [-0.4, -0.2) is 22.1 Å². The zero-order valence-electron chi connectivity index (χ0n) is 9.11. The Morgan fingerprint density at radius 1 is 1.50 bits per heavy atom. The Morgan fingerprint density at radius 2 is 2.19 bits per heavy atom. The molecule has 0 amide bonds. The van der Waals surface area contributed by atoms with E-state index in [1.54, 1.807) is 6.07 Å². The summed E-state index contributed by atoms with van der Waals surface area (Å²) in [5.74, 6) is -0.700. The van der Waals surface area contributed by atoms with Crippen LogP contribution in [0.4, 0.5) is 0 Å². The highest BCUT2D eigenvalue weighted by Crippen LogP contribution is 2.21. The summed E-state index contributed by atoms with van der Waals surface area (Å²) < 4.78 is 0. The maximum Gasteiger partial charge on any atom is 0.337 e. The largest absolute Gasteiger partial charge is 0.479 e. The smallest absolute Gasteiger partial charge is 0.337 e. The molecule has 1 rings (SSSR count). The molecule has 0 aliphatic rings. The molecule has 2 N–H and O–H groups in total. The zero-order chi connectivity index (χ0) is 12.1. The molecule has 16 heavy (non-hydrogen) atoms. The van der Waals surface area contributed by atoms with Crippen molar-refractivity contribution in [3.8, 4) is 0 Å². The van der Waals surface area contributed by atoms with Crippen molar-refractivity contribution in [3.63, 3.8) is 0 Å². The molecule has 1 unspecified atom stereocenters. The Bertz CT molecular complexity index is 377. The Labute approximate surface area is 99.7 Å². The number of hydrogen-bond donors (Lipinski definition) is 2. The van der Waals surface area contributed by atoms with Crippen LogP contribution in [0.2, 0.25) is 0 Å². The van der Waals surface area contributed by atoms with Crippen LogP contribution in [0.25, 0.3) is 0 Å². The third-order valence-electron chi connectivity index (χ3n) is 2.41. The fourth-order valence-electron chi connectivity index (χ4n) is 1.59. The first kappa shape index (κ1) is 13.0. The molecule has 1 aromatic carbocycles. The molecule has 4 heteroatoms. The summed E-state index contributed by atoms with van der Waals surface area (Å²) >= 11 is 5.60. The van der Waals surface area contributed by atoms with Crippen LogP contribution in [0, 0.1) is 6.92 Å². The van der Waals surface area contributed by atoms with Crippen LogP contribution in [-0.2, 0) is 11.2 Å². The molecule has 88 valence electrons. The van der Waals surface area contributed by atoms with E-state index in [1.807, 2.05) is 19.1 Å². The Kier molecular flexibility index (Phi) is 4.77. The van der Waals surface area contributed by atoms with Crippen molar-refractivity contribution in [2.75, 3.05) is 5.88 Å². The van der Waals surface area contributed by atoms with Crippen LogP contribution in [0.1, 0.15) is 29.2 Å². The minimum absolute atomic E-state index is 0.470. The number of rotatable bonds is 5. The van der Waals surface area contributed by atoms with Crippen molar-refractivity contribution >= 4 is 17.6 Å². The van der Waals surface area contributed by atoms with Crippen LogP contribution in [0.15, 0.2) is 18.2 Å². The second-order valence-electron chi connectivity index (χ2n) is 3.74. The van der Waals surface area contributed by atoms with E-state index in [0.717, 1.165) is 17.5 Å². The highest BCUT2D eigenvalue weighted by molar-refractivity contribution is 6.17. The first-order valence-corrected chi connectivity index (χ1v) is 5.66. The average Bonchev–Trinajstić information content (AvgIpc) is 2.26. The second-order valence-corrected chi connectivity index (χ2v) is 4.11. The lowest BCUT2D eigenvalue weighted by atomic mass is 9.97. The van der Waals surface area contributed by atoms with E-state index >= 15 is 0 Å². The summed E-state index contributed by atoms with van der Waals surface area (Å²) in [4.78, 5) is 10.8. The predicted molar refractivity (Wildman–Crippen MR) is 62.8 cm³/mol. The van der Waals surface area contributed by atoms with Gasteiger partial charge in [-0.25, -0.2) is 4.79 Å². The molecule has 0 fully saturated rings. The van der Waals surface area contributed by atoms with Gasteiger partial charge in [-0.15, -0.1) is 11.6 Å². The number of carboxylic acid groups (broad SMARTS) is 1. The van der Waals surface area contributed by atoms with Gasteiger partial charge in [0.15, 0.2) is 6.10 Å². The van der Waals surface area contributed by atoms with E-state index in [-0.39, 0.29) is 0 Å². The fraction of sp³-hybridized carbons (Fsp3) is 0.417. The van der Waals surface area contributed by atoms with Gasteiger partial charge in [0, 0.05) is 5.88 Å². The molecule has 1 atom stereocenters.